The van der Waals surface area contributed by atoms with Gasteiger partial charge in [-0.25, -0.2) is 0 Å². The van der Waals surface area contributed by atoms with Crippen molar-refractivity contribution in [2.45, 2.75) is 303 Å². The number of ether oxygens (including phenoxy) is 3. The highest BCUT2D eigenvalue weighted by Crippen LogP contribution is 2.16. The molecule has 0 aliphatic carbocycles. The molecule has 0 N–H and O–H groups in total. The van der Waals surface area contributed by atoms with E-state index in [9.17, 15) is 14.4 Å². The second-order valence-corrected chi connectivity index (χ2v) is 18.5. The molecule has 1 unspecified atom stereocenters. The van der Waals surface area contributed by atoms with Crippen LogP contribution in [0.4, 0.5) is 0 Å². The van der Waals surface area contributed by atoms with Crippen molar-refractivity contribution in [3.8, 4) is 0 Å². The predicted molar refractivity (Wildman–Crippen MR) is 266 cm³/mol. The van der Waals surface area contributed by atoms with E-state index in [0.717, 1.165) is 70.6 Å². The van der Waals surface area contributed by atoms with Crippen LogP contribution in [0, 0.1) is 0 Å². The van der Waals surface area contributed by atoms with E-state index in [-0.39, 0.29) is 31.1 Å². The molecule has 6 nitrogen and oxygen atoms in total. The number of rotatable bonds is 50. The van der Waals surface area contributed by atoms with Crippen LogP contribution in [-0.4, -0.2) is 37.2 Å². The fourth-order valence-corrected chi connectivity index (χ4v) is 8.02. The minimum absolute atomic E-state index is 0.0732. The van der Waals surface area contributed by atoms with E-state index in [0.29, 0.717) is 19.3 Å². The second kappa shape index (κ2) is 51.5. The molecular formula is C56H104O6. The van der Waals surface area contributed by atoms with Gasteiger partial charge in [0.15, 0.2) is 6.10 Å². The third kappa shape index (κ3) is 48.9. The van der Waals surface area contributed by atoms with Gasteiger partial charge in [-0.1, -0.05) is 231 Å². The third-order valence-electron chi connectivity index (χ3n) is 12.2. The average Bonchev–Trinajstić information content (AvgIpc) is 3.27. The van der Waals surface area contributed by atoms with Gasteiger partial charge < -0.3 is 14.2 Å². The Labute approximate surface area is 385 Å². The summed E-state index contributed by atoms with van der Waals surface area (Å²) in [7, 11) is 0. The molecule has 0 aliphatic rings. The molecule has 0 aromatic heterocycles. The topological polar surface area (TPSA) is 78.9 Å². The smallest absolute Gasteiger partial charge is 0.306 e. The van der Waals surface area contributed by atoms with Gasteiger partial charge in [-0.3, -0.25) is 14.4 Å². The Morgan fingerprint density at radius 1 is 0.306 bits per heavy atom. The molecule has 0 fully saturated rings. The Hall–Kier alpha value is -2.11. The zero-order chi connectivity index (χ0) is 45.1. The molecule has 0 saturated carbocycles. The van der Waals surface area contributed by atoms with Gasteiger partial charge in [-0.2, -0.15) is 0 Å². The molecule has 0 saturated heterocycles. The monoisotopic (exact) mass is 873 g/mol. The van der Waals surface area contributed by atoms with Gasteiger partial charge >= 0.3 is 17.9 Å². The molecule has 0 amide bonds. The number of hydrogen-bond acceptors (Lipinski definition) is 6. The van der Waals surface area contributed by atoms with E-state index >= 15 is 0 Å². The molecule has 0 heterocycles. The summed E-state index contributed by atoms with van der Waals surface area (Å²) in [5, 5.41) is 0. The molecule has 62 heavy (non-hydrogen) atoms. The zero-order valence-corrected chi connectivity index (χ0v) is 41.7. The number of allylic oxidation sites excluding steroid dienone is 4. The van der Waals surface area contributed by atoms with Crippen LogP contribution in [0.15, 0.2) is 24.3 Å². The highest BCUT2D eigenvalue weighted by molar-refractivity contribution is 5.71. The van der Waals surface area contributed by atoms with Gasteiger partial charge in [0.2, 0.25) is 0 Å². The lowest BCUT2D eigenvalue weighted by atomic mass is 10.0. The summed E-state index contributed by atoms with van der Waals surface area (Å²) in [6.45, 7) is 6.65. The first-order chi connectivity index (χ1) is 30.5. The summed E-state index contributed by atoms with van der Waals surface area (Å²) in [6.07, 6.45) is 58.7. The van der Waals surface area contributed by atoms with Crippen molar-refractivity contribution in [3.05, 3.63) is 24.3 Å². The van der Waals surface area contributed by atoms with Gasteiger partial charge in [-0.05, 0) is 70.6 Å². The van der Waals surface area contributed by atoms with Crippen molar-refractivity contribution in [3.63, 3.8) is 0 Å². The van der Waals surface area contributed by atoms with Crippen molar-refractivity contribution in [1.29, 1.82) is 0 Å². The van der Waals surface area contributed by atoms with E-state index < -0.39 is 6.10 Å². The van der Waals surface area contributed by atoms with E-state index in [2.05, 4.69) is 45.1 Å². The van der Waals surface area contributed by atoms with Gasteiger partial charge in [0.1, 0.15) is 13.2 Å². The van der Waals surface area contributed by atoms with E-state index in [1.807, 2.05) is 0 Å². The first kappa shape index (κ1) is 59.9. The molecule has 0 spiro atoms. The minimum atomic E-state index is -0.774. The van der Waals surface area contributed by atoms with Crippen LogP contribution in [0.1, 0.15) is 297 Å². The van der Waals surface area contributed by atoms with Crippen LogP contribution < -0.4 is 0 Å². The molecule has 0 aromatic carbocycles. The fourth-order valence-electron chi connectivity index (χ4n) is 8.02. The van der Waals surface area contributed by atoms with Crippen molar-refractivity contribution in [2.24, 2.45) is 0 Å². The Morgan fingerprint density at radius 2 is 0.532 bits per heavy atom. The molecule has 0 aromatic rings. The van der Waals surface area contributed by atoms with Crippen LogP contribution in [0.5, 0.6) is 0 Å². The van der Waals surface area contributed by atoms with Crippen molar-refractivity contribution in [2.75, 3.05) is 13.2 Å². The van der Waals surface area contributed by atoms with Crippen LogP contribution >= 0.6 is 0 Å². The summed E-state index contributed by atoms with van der Waals surface area (Å²) >= 11 is 0. The lowest BCUT2D eigenvalue weighted by Crippen LogP contribution is -2.30. The predicted octanol–water partition coefficient (Wildman–Crippen LogP) is 17.9. The van der Waals surface area contributed by atoms with Crippen LogP contribution in [0.2, 0.25) is 0 Å². The molecule has 0 aliphatic heterocycles. The Balaban J connectivity index is 4.36. The van der Waals surface area contributed by atoms with E-state index in [4.69, 9.17) is 14.2 Å². The van der Waals surface area contributed by atoms with Gasteiger partial charge in [0.25, 0.3) is 0 Å². The average molecular weight is 873 g/mol. The normalized spacial score (nSPS) is 12.1. The lowest BCUT2D eigenvalue weighted by molar-refractivity contribution is -0.167. The third-order valence-corrected chi connectivity index (χ3v) is 12.2. The quantitative estimate of drug-likeness (QED) is 0.0262. The fraction of sp³-hybridized carbons (Fsp3) is 0.875. The standard InChI is InChI=1S/C56H104O6/c1-4-7-10-13-16-19-22-25-27-29-31-34-37-40-43-46-49-55(58)61-52-53(51-60-54(57)48-45-42-39-36-33-30-24-21-18-15-12-9-6-3)62-56(59)50-47-44-41-38-35-32-28-26-23-20-17-14-11-8-5-2/h26-29,53H,4-25,30-52H2,1-3H3/b28-26-,29-27-. The largest absolute Gasteiger partial charge is 0.462 e. The number of esters is 3. The maximum atomic E-state index is 12.8. The number of carbonyl (C=O) groups excluding carboxylic acids is 3. The lowest BCUT2D eigenvalue weighted by Gasteiger charge is -2.18. The molecule has 6 heteroatoms. The van der Waals surface area contributed by atoms with Gasteiger partial charge in [0, 0.05) is 19.3 Å². The van der Waals surface area contributed by atoms with Crippen molar-refractivity contribution < 1.29 is 28.6 Å². The van der Waals surface area contributed by atoms with E-state index in [1.165, 1.54) is 186 Å². The second-order valence-electron chi connectivity index (χ2n) is 18.5. The SMILES string of the molecule is CCCCCCCC/C=C\CCCCCCCC(=O)OC(COC(=O)CCCCCCC/C=C\CCCCCCCCC)COC(=O)CCCCCCCCCCCCCCC. The van der Waals surface area contributed by atoms with Crippen molar-refractivity contribution >= 4 is 17.9 Å². The molecular weight excluding hydrogens is 769 g/mol. The summed E-state index contributed by atoms with van der Waals surface area (Å²) < 4.78 is 16.8. The number of carbonyl (C=O) groups is 3. The van der Waals surface area contributed by atoms with Crippen LogP contribution in [0.3, 0.4) is 0 Å². The molecule has 1 atom stereocenters. The molecule has 364 valence electrons. The highest BCUT2D eigenvalue weighted by Gasteiger charge is 2.19. The summed E-state index contributed by atoms with van der Waals surface area (Å²) in [6, 6.07) is 0. The first-order valence-electron chi connectivity index (χ1n) is 27.3. The molecule has 0 radical (unpaired) electrons. The molecule has 0 rings (SSSR count). The van der Waals surface area contributed by atoms with E-state index in [1.54, 1.807) is 0 Å². The van der Waals surface area contributed by atoms with Gasteiger partial charge in [0.05, 0.1) is 0 Å². The van der Waals surface area contributed by atoms with Crippen LogP contribution in [0.25, 0.3) is 0 Å². The highest BCUT2D eigenvalue weighted by atomic mass is 16.6. The first-order valence-corrected chi connectivity index (χ1v) is 27.3. The summed E-state index contributed by atoms with van der Waals surface area (Å²) in [4.78, 5) is 38.0. The maximum absolute atomic E-state index is 12.8. The molecule has 0 bridgehead atoms. The Morgan fingerprint density at radius 3 is 0.806 bits per heavy atom. The Bertz CT molecular complexity index is 1000. The summed E-state index contributed by atoms with van der Waals surface area (Å²) in [5.41, 5.74) is 0. The van der Waals surface area contributed by atoms with Crippen LogP contribution in [-0.2, 0) is 28.6 Å². The minimum Gasteiger partial charge on any atom is -0.462 e. The zero-order valence-electron chi connectivity index (χ0n) is 41.7. The Kier molecular flexibility index (Phi) is 49.8. The van der Waals surface area contributed by atoms with Gasteiger partial charge in [-0.15, -0.1) is 0 Å². The maximum Gasteiger partial charge on any atom is 0.306 e. The summed E-state index contributed by atoms with van der Waals surface area (Å²) in [5.74, 6) is -0.875. The number of unbranched alkanes of at least 4 members (excludes halogenated alkanes) is 35. The number of hydrogen-bond donors (Lipinski definition) is 0. The van der Waals surface area contributed by atoms with Crippen molar-refractivity contribution in [1.82, 2.24) is 0 Å².